The summed E-state index contributed by atoms with van der Waals surface area (Å²) < 4.78 is 5.36. The van der Waals surface area contributed by atoms with Crippen LogP contribution in [0.5, 0.6) is 0 Å². The zero-order chi connectivity index (χ0) is 17.5. The first-order valence-electron chi connectivity index (χ1n) is 8.71. The van der Waals surface area contributed by atoms with Gasteiger partial charge in [-0.2, -0.15) is 0 Å². The number of guanidine groups is 1. The smallest absolute Gasteiger partial charge is 0.410 e. The van der Waals surface area contributed by atoms with Crippen LogP contribution in [0.4, 0.5) is 4.79 Å². The molecule has 6 nitrogen and oxygen atoms in total. The second kappa shape index (κ2) is 8.99. The van der Waals surface area contributed by atoms with Crippen LogP contribution in [0, 0.1) is 0 Å². The largest absolute Gasteiger partial charge is 0.444 e. The van der Waals surface area contributed by atoms with Crippen LogP contribution < -0.4 is 11.1 Å². The van der Waals surface area contributed by atoms with Gasteiger partial charge in [-0.3, -0.25) is 4.99 Å². The fraction of sp³-hybridized carbons (Fsp3) is 0.882. The van der Waals surface area contributed by atoms with Gasteiger partial charge in [0.05, 0.1) is 0 Å². The number of nitrogens with one attached hydrogen (secondary N) is 1. The molecule has 1 aliphatic carbocycles. The molecule has 0 heterocycles. The molecule has 0 spiro atoms. The third-order valence-electron chi connectivity index (χ3n) is 4.13. The van der Waals surface area contributed by atoms with E-state index in [4.69, 9.17) is 10.5 Å². The first-order valence-corrected chi connectivity index (χ1v) is 8.71. The van der Waals surface area contributed by atoms with Crippen molar-refractivity contribution >= 4 is 12.1 Å². The van der Waals surface area contributed by atoms with Crippen LogP contribution in [-0.4, -0.2) is 48.2 Å². The van der Waals surface area contributed by atoms with Crippen molar-refractivity contribution in [1.29, 1.82) is 0 Å². The highest BCUT2D eigenvalue weighted by molar-refractivity contribution is 5.78. The molecular formula is C17H34N4O2. The first-order chi connectivity index (χ1) is 10.7. The van der Waals surface area contributed by atoms with E-state index in [2.05, 4.69) is 10.3 Å². The number of nitrogens with two attached hydrogens (primary N) is 1. The topological polar surface area (TPSA) is 80.0 Å². The Labute approximate surface area is 140 Å². The molecule has 1 atom stereocenters. The molecule has 1 amide bonds. The molecular weight excluding hydrogens is 292 g/mol. The maximum absolute atomic E-state index is 12.0. The highest BCUT2D eigenvalue weighted by atomic mass is 16.6. The van der Waals surface area contributed by atoms with Crippen LogP contribution in [0.2, 0.25) is 0 Å². The third-order valence-corrected chi connectivity index (χ3v) is 4.13. The van der Waals surface area contributed by atoms with E-state index in [-0.39, 0.29) is 12.1 Å². The summed E-state index contributed by atoms with van der Waals surface area (Å²) in [5.41, 5.74) is 5.47. The highest BCUT2D eigenvalue weighted by Crippen LogP contribution is 2.17. The van der Waals surface area contributed by atoms with Gasteiger partial charge < -0.3 is 20.7 Å². The Balaban J connectivity index is 2.32. The number of hydrogen-bond acceptors (Lipinski definition) is 3. The summed E-state index contributed by atoms with van der Waals surface area (Å²) in [5, 5.41) is 3.30. The Bertz CT molecular complexity index is 398. The van der Waals surface area contributed by atoms with Crippen molar-refractivity contribution in [3.8, 4) is 0 Å². The van der Waals surface area contributed by atoms with Gasteiger partial charge in [-0.1, -0.05) is 19.3 Å². The van der Waals surface area contributed by atoms with Crippen molar-refractivity contribution in [1.82, 2.24) is 10.2 Å². The normalized spacial score (nSPS) is 18.4. The van der Waals surface area contributed by atoms with Crippen molar-refractivity contribution in [2.24, 2.45) is 10.7 Å². The number of amides is 1. The molecule has 1 unspecified atom stereocenters. The second-order valence-corrected chi connectivity index (χ2v) is 7.48. The number of carbonyl (C=O) groups excluding carboxylic acids is 1. The number of ether oxygens (including phenoxy) is 1. The Morgan fingerprint density at radius 3 is 2.52 bits per heavy atom. The fourth-order valence-corrected chi connectivity index (χ4v) is 2.58. The van der Waals surface area contributed by atoms with Gasteiger partial charge >= 0.3 is 6.09 Å². The fourth-order valence-electron chi connectivity index (χ4n) is 2.58. The Morgan fingerprint density at radius 2 is 1.96 bits per heavy atom. The minimum atomic E-state index is -0.475. The zero-order valence-corrected chi connectivity index (χ0v) is 15.4. The molecule has 3 N–H and O–H groups in total. The van der Waals surface area contributed by atoms with Gasteiger partial charge in [-0.05, 0) is 47.0 Å². The average molecular weight is 326 g/mol. The van der Waals surface area contributed by atoms with E-state index in [9.17, 15) is 4.79 Å². The predicted octanol–water partition coefficient (Wildman–Crippen LogP) is 2.87. The van der Waals surface area contributed by atoms with Crippen LogP contribution in [-0.2, 0) is 4.74 Å². The Morgan fingerprint density at radius 1 is 1.35 bits per heavy atom. The predicted molar refractivity (Wildman–Crippen MR) is 94.6 cm³/mol. The Hall–Kier alpha value is -1.46. The van der Waals surface area contributed by atoms with Gasteiger partial charge in [0.15, 0.2) is 5.96 Å². The van der Waals surface area contributed by atoms with Crippen molar-refractivity contribution in [3.05, 3.63) is 0 Å². The number of carbonyl (C=O) groups is 1. The molecule has 6 heteroatoms. The van der Waals surface area contributed by atoms with E-state index < -0.39 is 5.60 Å². The van der Waals surface area contributed by atoms with E-state index in [0.717, 1.165) is 6.42 Å². The van der Waals surface area contributed by atoms with Crippen molar-refractivity contribution < 1.29 is 9.53 Å². The van der Waals surface area contributed by atoms with E-state index in [1.54, 1.807) is 11.9 Å². The Kier molecular flexibility index (Phi) is 7.65. The lowest BCUT2D eigenvalue weighted by molar-refractivity contribution is 0.0231. The number of hydrogen-bond donors (Lipinski definition) is 2. The highest BCUT2D eigenvalue weighted by Gasteiger charge is 2.22. The quantitative estimate of drug-likeness (QED) is 0.601. The van der Waals surface area contributed by atoms with Gasteiger partial charge in [0, 0.05) is 25.7 Å². The summed E-state index contributed by atoms with van der Waals surface area (Å²) in [6.07, 6.45) is 6.65. The summed E-state index contributed by atoms with van der Waals surface area (Å²) in [6, 6.07) is 0.519. The molecule has 1 aliphatic rings. The van der Waals surface area contributed by atoms with Gasteiger partial charge in [0.25, 0.3) is 0 Å². The van der Waals surface area contributed by atoms with Crippen LogP contribution >= 0.6 is 0 Å². The maximum Gasteiger partial charge on any atom is 0.410 e. The summed E-state index contributed by atoms with van der Waals surface area (Å²) in [6.45, 7) is 8.19. The monoisotopic (exact) mass is 326 g/mol. The lowest BCUT2D eigenvalue weighted by Gasteiger charge is -2.28. The maximum atomic E-state index is 12.0. The second-order valence-electron chi connectivity index (χ2n) is 7.48. The van der Waals surface area contributed by atoms with Gasteiger partial charge in [-0.25, -0.2) is 4.79 Å². The molecule has 0 aromatic carbocycles. The molecule has 134 valence electrons. The molecule has 0 bridgehead atoms. The summed E-state index contributed by atoms with van der Waals surface area (Å²) >= 11 is 0. The summed E-state index contributed by atoms with van der Waals surface area (Å²) in [5.74, 6) is 0.518. The number of nitrogens with zero attached hydrogens (tertiary/aromatic N) is 2. The van der Waals surface area contributed by atoms with Gasteiger partial charge in [0.1, 0.15) is 5.60 Å². The van der Waals surface area contributed by atoms with Crippen molar-refractivity contribution in [2.75, 3.05) is 13.6 Å². The lowest BCUT2D eigenvalue weighted by Crippen LogP contribution is -2.41. The number of aliphatic imine (C=N–C) groups is 1. The van der Waals surface area contributed by atoms with Crippen LogP contribution in [0.1, 0.15) is 66.2 Å². The van der Waals surface area contributed by atoms with Crippen LogP contribution in [0.15, 0.2) is 4.99 Å². The van der Waals surface area contributed by atoms with Crippen LogP contribution in [0.25, 0.3) is 0 Å². The standard InChI is InChI=1S/C17H34N4O2/c1-13(21(5)16(22)23-17(2,3)4)11-12-19-15(18)20-14-9-7-6-8-10-14/h13-14H,6-12H2,1-5H3,(H3,18,19,20). The zero-order valence-electron chi connectivity index (χ0n) is 15.4. The number of rotatable bonds is 5. The minimum absolute atomic E-state index is 0.0519. The molecule has 0 aliphatic heterocycles. The molecule has 0 aromatic rings. The van der Waals surface area contributed by atoms with Crippen molar-refractivity contribution in [3.63, 3.8) is 0 Å². The summed E-state index contributed by atoms with van der Waals surface area (Å²) in [7, 11) is 1.76. The lowest BCUT2D eigenvalue weighted by atomic mass is 9.96. The van der Waals surface area contributed by atoms with Crippen LogP contribution in [0.3, 0.4) is 0 Å². The minimum Gasteiger partial charge on any atom is -0.444 e. The SMILES string of the molecule is CC(CCN=C(N)NC1CCCCC1)N(C)C(=O)OC(C)(C)C. The van der Waals surface area contributed by atoms with Crippen molar-refractivity contribution in [2.45, 2.75) is 83.9 Å². The van der Waals surface area contributed by atoms with Gasteiger partial charge in [-0.15, -0.1) is 0 Å². The van der Waals surface area contributed by atoms with E-state index in [1.807, 2.05) is 27.7 Å². The van der Waals surface area contributed by atoms with E-state index in [0.29, 0.717) is 18.5 Å². The molecule has 0 saturated heterocycles. The molecule has 23 heavy (non-hydrogen) atoms. The van der Waals surface area contributed by atoms with Gasteiger partial charge in [0.2, 0.25) is 0 Å². The first kappa shape index (κ1) is 19.6. The molecule has 0 radical (unpaired) electrons. The summed E-state index contributed by atoms with van der Waals surface area (Å²) in [4.78, 5) is 18.0. The molecule has 1 fully saturated rings. The van der Waals surface area contributed by atoms with E-state index >= 15 is 0 Å². The van der Waals surface area contributed by atoms with E-state index in [1.165, 1.54) is 32.1 Å². The third kappa shape index (κ3) is 8.09. The molecule has 0 aromatic heterocycles. The molecule has 1 saturated carbocycles. The molecule has 1 rings (SSSR count). The average Bonchev–Trinajstić information content (AvgIpc) is 2.45.